The van der Waals surface area contributed by atoms with Crippen molar-refractivity contribution in [2.75, 3.05) is 24.2 Å². The van der Waals surface area contributed by atoms with Crippen molar-refractivity contribution < 1.29 is 27.1 Å². The molecule has 35 heavy (non-hydrogen) atoms. The summed E-state index contributed by atoms with van der Waals surface area (Å²) in [5, 5.41) is 2.91. The first-order valence-electron chi connectivity index (χ1n) is 11.5. The summed E-state index contributed by atoms with van der Waals surface area (Å²) in [6, 6.07) is 11.2. The zero-order valence-electron chi connectivity index (χ0n) is 20.8. The van der Waals surface area contributed by atoms with E-state index in [4.69, 9.17) is 4.74 Å². The largest absolute Gasteiger partial charge is 0.497 e. The number of methoxy groups -OCH3 is 1. The van der Waals surface area contributed by atoms with E-state index in [2.05, 4.69) is 5.32 Å². The van der Waals surface area contributed by atoms with Gasteiger partial charge in [0.1, 0.15) is 24.2 Å². The van der Waals surface area contributed by atoms with Crippen molar-refractivity contribution in [3.63, 3.8) is 0 Å². The monoisotopic (exact) mass is 507 g/mol. The minimum absolute atomic E-state index is 0.0300. The van der Waals surface area contributed by atoms with Gasteiger partial charge >= 0.3 is 0 Å². The lowest BCUT2D eigenvalue weighted by Gasteiger charge is -2.33. The molecule has 2 atom stereocenters. The molecule has 1 N–H and O–H groups in total. The van der Waals surface area contributed by atoms with Crippen molar-refractivity contribution in [1.82, 2.24) is 10.2 Å². The number of sulfonamides is 1. The Morgan fingerprint density at radius 2 is 1.74 bits per heavy atom. The molecule has 2 rings (SSSR count). The highest BCUT2D eigenvalue weighted by Gasteiger charge is 2.32. The molecule has 2 aromatic rings. The van der Waals surface area contributed by atoms with Gasteiger partial charge in [0.25, 0.3) is 0 Å². The van der Waals surface area contributed by atoms with Gasteiger partial charge in [-0.1, -0.05) is 32.0 Å². The molecule has 2 unspecified atom stereocenters. The number of amides is 2. The van der Waals surface area contributed by atoms with Gasteiger partial charge in [0, 0.05) is 12.6 Å². The maximum absolute atomic E-state index is 13.8. The van der Waals surface area contributed by atoms with Crippen LogP contribution in [0.4, 0.5) is 10.1 Å². The molecule has 0 bridgehead atoms. The van der Waals surface area contributed by atoms with Crippen LogP contribution in [-0.4, -0.2) is 57.1 Å². The van der Waals surface area contributed by atoms with Gasteiger partial charge in [-0.25, -0.2) is 12.8 Å². The molecule has 0 heterocycles. The van der Waals surface area contributed by atoms with Crippen molar-refractivity contribution >= 4 is 27.5 Å². The van der Waals surface area contributed by atoms with Crippen LogP contribution >= 0.6 is 0 Å². The Labute approximate surface area is 207 Å². The number of benzene rings is 2. The summed E-state index contributed by atoms with van der Waals surface area (Å²) in [4.78, 5) is 28.0. The number of rotatable bonds is 12. The molecule has 0 aromatic heterocycles. The summed E-state index contributed by atoms with van der Waals surface area (Å²) in [5.41, 5.74) is 0.771. The van der Waals surface area contributed by atoms with Crippen LogP contribution in [0, 0.1) is 5.82 Å². The molecule has 0 spiro atoms. The number of nitrogens with one attached hydrogen (secondary N) is 1. The average molecular weight is 508 g/mol. The van der Waals surface area contributed by atoms with Crippen LogP contribution < -0.4 is 14.4 Å². The fourth-order valence-electron chi connectivity index (χ4n) is 3.53. The van der Waals surface area contributed by atoms with Crippen molar-refractivity contribution in [1.29, 1.82) is 0 Å². The summed E-state index contributed by atoms with van der Waals surface area (Å²) in [6.45, 7) is 5.10. The quantitative estimate of drug-likeness (QED) is 0.476. The van der Waals surface area contributed by atoms with Crippen LogP contribution in [0.1, 0.15) is 39.2 Å². The van der Waals surface area contributed by atoms with Gasteiger partial charge in [-0.2, -0.15) is 0 Å². The highest BCUT2D eigenvalue weighted by molar-refractivity contribution is 7.92. The number of hydrogen-bond acceptors (Lipinski definition) is 5. The fourth-order valence-corrected chi connectivity index (χ4v) is 4.37. The zero-order chi connectivity index (χ0) is 26.2. The molecule has 0 fully saturated rings. The topological polar surface area (TPSA) is 96.0 Å². The lowest BCUT2D eigenvalue weighted by Crippen LogP contribution is -2.53. The third-order valence-electron chi connectivity index (χ3n) is 5.67. The van der Waals surface area contributed by atoms with Gasteiger partial charge in [-0.3, -0.25) is 13.9 Å². The maximum Gasteiger partial charge on any atom is 0.244 e. The van der Waals surface area contributed by atoms with E-state index >= 15 is 0 Å². The molecular weight excluding hydrogens is 473 g/mol. The summed E-state index contributed by atoms with van der Waals surface area (Å²) in [7, 11) is -2.37. The van der Waals surface area contributed by atoms with Gasteiger partial charge in [-0.15, -0.1) is 0 Å². The van der Waals surface area contributed by atoms with E-state index in [1.54, 1.807) is 38.3 Å². The van der Waals surface area contributed by atoms with Crippen molar-refractivity contribution in [2.24, 2.45) is 0 Å². The van der Waals surface area contributed by atoms with Gasteiger partial charge in [0.05, 0.1) is 19.1 Å². The standard InChI is InChI=1S/C25H34FN3O5S/c1-6-18(3)27-25(31)23(7-2)28(16-19-11-13-22(34-4)14-12-19)24(30)17-29(35(5,32)33)21-10-8-9-20(26)15-21/h8-15,18,23H,6-7,16-17H2,1-5H3,(H,27,31). The molecule has 8 nitrogen and oxygen atoms in total. The molecule has 0 aliphatic rings. The highest BCUT2D eigenvalue weighted by atomic mass is 32.2. The lowest BCUT2D eigenvalue weighted by atomic mass is 10.1. The molecule has 0 saturated carbocycles. The molecule has 192 valence electrons. The van der Waals surface area contributed by atoms with Crippen LogP contribution in [0.2, 0.25) is 0 Å². The summed E-state index contributed by atoms with van der Waals surface area (Å²) < 4.78 is 44.9. The van der Waals surface area contributed by atoms with Crippen molar-refractivity contribution in [3.05, 3.63) is 59.9 Å². The van der Waals surface area contributed by atoms with E-state index < -0.39 is 34.3 Å². The number of nitrogens with zero attached hydrogens (tertiary/aromatic N) is 2. The molecule has 0 aliphatic heterocycles. The van der Waals surface area contributed by atoms with E-state index in [0.717, 1.165) is 28.6 Å². The second kappa shape index (κ2) is 12.5. The lowest BCUT2D eigenvalue weighted by molar-refractivity contribution is -0.140. The first kappa shape index (κ1) is 28.1. The molecule has 0 aliphatic carbocycles. The van der Waals surface area contributed by atoms with Crippen LogP contribution in [-0.2, 0) is 26.2 Å². The van der Waals surface area contributed by atoms with Crippen LogP contribution in [0.25, 0.3) is 0 Å². The van der Waals surface area contributed by atoms with E-state index in [1.165, 1.54) is 23.1 Å². The Balaban J connectivity index is 2.43. The minimum atomic E-state index is -3.92. The Morgan fingerprint density at radius 3 is 2.26 bits per heavy atom. The normalized spacial score (nSPS) is 13.0. The van der Waals surface area contributed by atoms with E-state index in [-0.39, 0.29) is 24.2 Å². The van der Waals surface area contributed by atoms with Gasteiger partial charge < -0.3 is 15.0 Å². The number of hydrogen-bond donors (Lipinski definition) is 1. The zero-order valence-corrected chi connectivity index (χ0v) is 21.6. The van der Waals surface area contributed by atoms with Crippen LogP contribution in [0.15, 0.2) is 48.5 Å². The SMILES string of the molecule is CCC(C)NC(=O)C(CC)N(Cc1ccc(OC)cc1)C(=O)CN(c1cccc(F)c1)S(C)(=O)=O. The second-order valence-electron chi connectivity index (χ2n) is 8.36. The summed E-state index contributed by atoms with van der Waals surface area (Å²) in [5.74, 6) is -0.886. The molecule has 2 aromatic carbocycles. The van der Waals surface area contributed by atoms with Crippen LogP contribution in [0.3, 0.4) is 0 Å². The molecule has 2 amide bonds. The van der Waals surface area contributed by atoms with Gasteiger partial charge in [0.15, 0.2) is 0 Å². The number of ether oxygens (including phenoxy) is 1. The molecule has 0 saturated heterocycles. The number of anilines is 1. The Kier molecular flexibility index (Phi) is 10.1. The molecular formula is C25H34FN3O5S. The third-order valence-corrected chi connectivity index (χ3v) is 6.81. The highest BCUT2D eigenvalue weighted by Crippen LogP contribution is 2.21. The third kappa shape index (κ3) is 7.95. The molecule has 10 heteroatoms. The van der Waals surface area contributed by atoms with Crippen molar-refractivity contribution in [2.45, 2.75) is 52.2 Å². The predicted octanol–water partition coefficient (Wildman–Crippen LogP) is 3.32. The summed E-state index contributed by atoms with van der Waals surface area (Å²) >= 11 is 0. The first-order valence-corrected chi connectivity index (χ1v) is 13.3. The predicted molar refractivity (Wildman–Crippen MR) is 134 cm³/mol. The number of carbonyl (C=O) groups excluding carboxylic acids is 2. The van der Waals surface area contributed by atoms with E-state index in [1.807, 2.05) is 13.8 Å². The number of halogens is 1. The van der Waals surface area contributed by atoms with Gasteiger partial charge in [0.2, 0.25) is 21.8 Å². The molecule has 0 radical (unpaired) electrons. The van der Waals surface area contributed by atoms with Gasteiger partial charge in [-0.05, 0) is 55.7 Å². The maximum atomic E-state index is 13.8. The van der Waals surface area contributed by atoms with Crippen LogP contribution in [0.5, 0.6) is 5.75 Å². The Morgan fingerprint density at radius 1 is 1.09 bits per heavy atom. The fraction of sp³-hybridized carbons (Fsp3) is 0.440. The first-order chi connectivity index (χ1) is 16.5. The van der Waals surface area contributed by atoms with E-state index in [0.29, 0.717) is 12.2 Å². The summed E-state index contributed by atoms with van der Waals surface area (Å²) in [6.07, 6.45) is 1.99. The smallest absolute Gasteiger partial charge is 0.244 e. The number of carbonyl (C=O) groups is 2. The van der Waals surface area contributed by atoms with Crippen molar-refractivity contribution in [3.8, 4) is 5.75 Å². The Bertz CT molecular complexity index is 1110. The minimum Gasteiger partial charge on any atom is -0.497 e. The second-order valence-corrected chi connectivity index (χ2v) is 10.3. The van der Waals surface area contributed by atoms with E-state index in [9.17, 15) is 22.4 Å². The Hall–Kier alpha value is -3.14. The average Bonchev–Trinajstić information content (AvgIpc) is 2.81.